The van der Waals surface area contributed by atoms with Crippen LogP contribution in [0.3, 0.4) is 0 Å². The molecule has 0 aromatic heterocycles. The molecule has 2 aliphatic rings. The molecule has 0 bridgehead atoms. The minimum atomic E-state index is 0.0531. The summed E-state index contributed by atoms with van der Waals surface area (Å²) in [4.78, 5) is 0. The van der Waals surface area contributed by atoms with Crippen molar-refractivity contribution >= 4 is 0 Å². The van der Waals surface area contributed by atoms with Crippen LogP contribution in [0, 0.1) is 5.92 Å². The molecule has 0 amide bonds. The SMILES string of the molecule is CC1=CC(=C=C=C2C=CC=CC2CO)CC=C1. The fourth-order valence-corrected chi connectivity index (χ4v) is 1.87. The maximum atomic E-state index is 9.24. The summed E-state index contributed by atoms with van der Waals surface area (Å²) >= 11 is 0. The standard InChI is InChI=1S/C16H16O/c1-13-5-4-6-14(11-13)9-10-15-7-2-3-8-16(15)12-17/h2-5,7-8,11,16-17H,6,12H2,1H3. The van der Waals surface area contributed by atoms with Gasteiger partial charge in [-0.15, -0.1) is 0 Å². The predicted molar refractivity (Wildman–Crippen MR) is 70.4 cm³/mol. The largest absolute Gasteiger partial charge is 0.395 e. The first-order valence-corrected chi connectivity index (χ1v) is 5.85. The van der Waals surface area contributed by atoms with Crippen LogP contribution >= 0.6 is 0 Å². The summed E-state index contributed by atoms with van der Waals surface area (Å²) in [5.41, 5.74) is 9.72. The van der Waals surface area contributed by atoms with Crippen LogP contribution in [0.4, 0.5) is 0 Å². The molecule has 1 unspecified atom stereocenters. The molecule has 0 radical (unpaired) electrons. The molecule has 1 N–H and O–H groups in total. The summed E-state index contributed by atoms with van der Waals surface area (Å²) in [5.74, 6) is 0.0531. The number of aliphatic hydroxyl groups excluding tert-OH is 1. The lowest BCUT2D eigenvalue weighted by molar-refractivity contribution is 0.270. The van der Waals surface area contributed by atoms with E-state index in [0.29, 0.717) is 0 Å². The molecule has 0 aromatic carbocycles. The van der Waals surface area contributed by atoms with Crippen molar-refractivity contribution in [3.8, 4) is 0 Å². The van der Waals surface area contributed by atoms with Gasteiger partial charge in [0.15, 0.2) is 0 Å². The van der Waals surface area contributed by atoms with E-state index in [4.69, 9.17) is 0 Å². The van der Waals surface area contributed by atoms with Crippen LogP contribution in [0.25, 0.3) is 0 Å². The van der Waals surface area contributed by atoms with Gasteiger partial charge in [0.2, 0.25) is 0 Å². The Hall–Kier alpha value is -1.78. The average molecular weight is 224 g/mol. The van der Waals surface area contributed by atoms with E-state index in [-0.39, 0.29) is 12.5 Å². The van der Waals surface area contributed by atoms with Crippen LogP contribution in [0.5, 0.6) is 0 Å². The zero-order valence-electron chi connectivity index (χ0n) is 9.98. The first-order valence-electron chi connectivity index (χ1n) is 5.85. The van der Waals surface area contributed by atoms with Crippen LogP contribution in [-0.4, -0.2) is 11.7 Å². The van der Waals surface area contributed by atoms with Crippen LogP contribution < -0.4 is 0 Å². The highest BCUT2D eigenvalue weighted by Crippen LogP contribution is 2.17. The van der Waals surface area contributed by atoms with Gasteiger partial charge in [-0.05, 0) is 25.5 Å². The summed E-state index contributed by atoms with van der Waals surface area (Å²) < 4.78 is 0. The Morgan fingerprint density at radius 3 is 2.94 bits per heavy atom. The molecule has 0 aromatic rings. The van der Waals surface area contributed by atoms with Gasteiger partial charge in [-0.2, -0.15) is 0 Å². The molecule has 1 heteroatoms. The van der Waals surface area contributed by atoms with Gasteiger partial charge in [0.05, 0.1) is 6.61 Å². The highest BCUT2D eigenvalue weighted by molar-refractivity contribution is 5.37. The van der Waals surface area contributed by atoms with Gasteiger partial charge < -0.3 is 5.11 Å². The van der Waals surface area contributed by atoms with E-state index in [1.54, 1.807) is 0 Å². The third-order valence-electron chi connectivity index (χ3n) is 2.81. The van der Waals surface area contributed by atoms with Crippen LogP contribution in [0.2, 0.25) is 0 Å². The Balaban J connectivity index is 2.35. The number of aliphatic hydroxyl groups is 1. The Kier molecular flexibility index (Phi) is 3.80. The molecule has 0 heterocycles. The van der Waals surface area contributed by atoms with Crippen molar-refractivity contribution in [2.24, 2.45) is 5.92 Å². The van der Waals surface area contributed by atoms with Crippen molar-refractivity contribution in [3.05, 3.63) is 70.7 Å². The quantitative estimate of drug-likeness (QED) is 0.678. The second-order valence-corrected chi connectivity index (χ2v) is 4.26. The van der Waals surface area contributed by atoms with E-state index in [9.17, 15) is 5.11 Å². The minimum Gasteiger partial charge on any atom is -0.395 e. The Bertz CT molecular complexity index is 514. The van der Waals surface area contributed by atoms with Gasteiger partial charge in [-0.3, -0.25) is 0 Å². The number of allylic oxidation sites excluding steroid dienone is 8. The monoisotopic (exact) mass is 224 g/mol. The molecule has 0 fully saturated rings. The molecule has 1 nitrogen and oxygen atoms in total. The fourth-order valence-electron chi connectivity index (χ4n) is 1.87. The smallest absolute Gasteiger partial charge is 0.0540 e. The normalized spacial score (nSPS) is 22.2. The van der Waals surface area contributed by atoms with Crippen molar-refractivity contribution in [3.63, 3.8) is 0 Å². The summed E-state index contributed by atoms with van der Waals surface area (Å²) in [6.45, 7) is 2.19. The Morgan fingerprint density at radius 2 is 2.18 bits per heavy atom. The van der Waals surface area contributed by atoms with E-state index in [2.05, 4.69) is 36.6 Å². The Morgan fingerprint density at radius 1 is 1.29 bits per heavy atom. The second-order valence-electron chi connectivity index (χ2n) is 4.26. The minimum absolute atomic E-state index is 0.0531. The van der Waals surface area contributed by atoms with E-state index in [0.717, 1.165) is 17.6 Å². The van der Waals surface area contributed by atoms with Crippen LogP contribution in [0.1, 0.15) is 13.3 Å². The van der Waals surface area contributed by atoms with E-state index < -0.39 is 0 Å². The zero-order chi connectivity index (χ0) is 12.1. The highest BCUT2D eigenvalue weighted by atomic mass is 16.3. The van der Waals surface area contributed by atoms with Crippen LogP contribution in [-0.2, 0) is 0 Å². The van der Waals surface area contributed by atoms with Crippen molar-refractivity contribution in [2.75, 3.05) is 6.61 Å². The molecule has 2 aliphatic carbocycles. The molecule has 0 saturated carbocycles. The molecule has 0 aliphatic heterocycles. The molecule has 0 saturated heterocycles. The predicted octanol–water partition coefficient (Wildman–Crippen LogP) is 3.23. The summed E-state index contributed by atoms with van der Waals surface area (Å²) in [5, 5.41) is 9.24. The van der Waals surface area contributed by atoms with Gasteiger partial charge in [-0.25, -0.2) is 0 Å². The first-order chi connectivity index (χ1) is 8.29. The van der Waals surface area contributed by atoms with Gasteiger partial charge >= 0.3 is 0 Å². The van der Waals surface area contributed by atoms with Crippen molar-refractivity contribution in [1.82, 2.24) is 0 Å². The van der Waals surface area contributed by atoms with Crippen molar-refractivity contribution in [1.29, 1.82) is 0 Å². The van der Waals surface area contributed by atoms with E-state index in [1.165, 1.54) is 5.57 Å². The van der Waals surface area contributed by atoms with Gasteiger partial charge in [-0.1, -0.05) is 47.4 Å². The molecule has 1 atom stereocenters. The van der Waals surface area contributed by atoms with Crippen LogP contribution in [0.15, 0.2) is 70.7 Å². The fraction of sp³-hybridized carbons (Fsp3) is 0.250. The van der Waals surface area contributed by atoms with Crippen molar-refractivity contribution in [2.45, 2.75) is 13.3 Å². The Labute approximate surface area is 102 Å². The maximum Gasteiger partial charge on any atom is 0.0540 e. The van der Waals surface area contributed by atoms with Gasteiger partial charge in [0.25, 0.3) is 0 Å². The number of rotatable bonds is 1. The maximum absolute atomic E-state index is 9.24. The summed E-state index contributed by atoms with van der Waals surface area (Å²) in [6.07, 6.45) is 15.1. The van der Waals surface area contributed by atoms with Gasteiger partial charge in [0.1, 0.15) is 0 Å². The molecular weight excluding hydrogens is 208 g/mol. The lowest BCUT2D eigenvalue weighted by atomic mass is 9.96. The van der Waals surface area contributed by atoms with E-state index >= 15 is 0 Å². The molecular formula is C16H16O. The summed E-state index contributed by atoms with van der Waals surface area (Å²) in [6, 6.07) is 0. The molecule has 0 spiro atoms. The third kappa shape index (κ3) is 3.09. The molecule has 2 rings (SSSR count). The van der Waals surface area contributed by atoms with E-state index in [1.807, 2.05) is 24.3 Å². The molecule has 86 valence electrons. The highest BCUT2D eigenvalue weighted by Gasteiger charge is 2.08. The topological polar surface area (TPSA) is 20.2 Å². The lowest BCUT2D eigenvalue weighted by Crippen LogP contribution is -2.05. The van der Waals surface area contributed by atoms with Gasteiger partial charge in [0, 0.05) is 17.1 Å². The second kappa shape index (κ2) is 5.52. The van der Waals surface area contributed by atoms with Crippen molar-refractivity contribution < 1.29 is 5.11 Å². The zero-order valence-corrected chi connectivity index (χ0v) is 9.98. The molecule has 17 heavy (non-hydrogen) atoms. The average Bonchev–Trinajstić information content (AvgIpc) is 2.37. The summed E-state index contributed by atoms with van der Waals surface area (Å²) in [7, 11) is 0. The number of hydrogen-bond acceptors (Lipinski definition) is 1. The lowest BCUT2D eigenvalue weighted by Gasteiger charge is -2.10. The number of hydrogen-bond donors (Lipinski definition) is 1. The third-order valence-corrected chi connectivity index (χ3v) is 2.81. The first kappa shape index (κ1) is 11.7.